The molecular formula is C24H23N3O4S. The van der Waals surface area contributed by atoms with Gasteiger partial charge < -0.3 is 19.8 Å². The first-order chi connectivity index (χ1) is 15.7. The first kappa shape index (κ1) is 21.6. The molecule has 0 aliphatic heterocycles. The van der Waals surface area contributed by atoms with Gasteiger partial charge in [-0.15, -0.1) is 11.3 Å². The van der Waals surface area contributed by atoms with Crippen LogP contribution in [0.25, 0.3) is 21.0 Å². The molecule has 164 valence electrons. The number of para-hydroxylation sites is 1. The van der Waals surface area contributed by atoms with Crippen molar-refractivity contribution in [2.45, 2.75) is 26.0 Å². The van der Waals surface area contributed by atoms with E-state index in [0.717, 1.165) is 20.8 Å². The molecule has 8 heteroatoms. The number of nitrogens with one attached hydrogen (secondary N) is 2. The van der Waals surface area contributed by atoms with Crippen LogP contribution in [0.5, 0.6) is 0 Å². The molecule has 32 heavy (non-hydrogen) atoms. The molecule has 2 heterocycles. The molecular weight excluding hydrogens is 426 g/mol. The molecule has 7 nitrogen and oxygen atoms in total. The predicted molar refractivity (Wildman–Crippen MR) is 123 cm³/mol. The molecule has 2 N–H and O–H groups in total. The third-order valence-corrected chi connectivity index (χ3v) is 5.74. The zero-order chi connectivity index (χ0) is 22.2. The highest BCUT2D eigenvalue weighted by atomic mass is 32.1. The monoisotopic (exact) mass is 449 g/mol. The second-order valence-electron chi connectivity index (χ2n) is 7.12. The lowest BCUT2D eigenvalue weighted by atomic mass is 10.2. The lowest BCUT2D eigenvalue weighted by Crippen LogP contribution is -2.27. The summed E-state index contributed by atoms with van der Waals surface area (Å²) < 4.78 is 12.1. The van der Waals surface area contributed by atoms with E-state index in [1.54, 1.807) is 11.3 Å². The molecule has 0 unspecified atom stereocenters. The number of alkyl carbamates (subject to hydrolysis) is 1. The zero-order valence-electron chi connectivity index (χ0n) is 17.4. The van der Waals surface area contributed by atoms with E-state index in [0.29, 0.717) is 37.5 Å². The summed E-state index contributed by atoms with van der Waals surface area (Å²) in [6.07, 6.45) is 0.318. The third kappa shape index (κ3) is 5.95. The molecule has 0 aliphatic carbocycles. The Bertz CT molecular complexity index is 1150. The van der Waals surface area contributed by atoms with Crippen LogP contribution in [0.4, 0.5) is 4.79 Å². The van der Waals surface area contributed by atoms with Gasteiger partial charge in [0.15, 0.2) is 10.8 Å². The van der Waals surface area contributed by atoms with E-state index in [-0.39, 0.29) is 12.5 Å². The van der Waals surface area contributed by atoms with Crippen LogP contribution in [-0.4, -0.2) is 23.5 Å². The number of carbonyl (C=O) groups excluding carboxylic acids is 2. The number of ether oxygens (including phenoxy) is 1. The summed E-state index contributed by atoms with van der Waals surface area (Å²) in [5, 5.41) is 6.29. The quantitative estimate of drug-likeness (QED) is 0.355. The molecule has 0 bridgehead atoms. The summed E-state index contributed by atoms with van der Waals surface area (Å²) in [5.74, 6) is 1.24. The molecule has 0 saturated carbocycles. The van der Waals surface area contributed by atoms with Crippen LogP contribution in [0.3, 0.4) is 0 Å². The van der Waals surface area contributed by atoms with Crippen LogP contribution < -0.4 is 10.6 Å². The summed E-state index contributed by atoms with van der Waals surface area (Å²) in [6, 6.07) is 21.1. The number of nitrogens with zero attached hydrogens (tertiary/aromatic N) is 1. The highest BCUT2D eigenvalue weighted by Crippen LogP contribution is 2.31. The highest BCUT2D eigenvalue weighted by Gasteiger charge is 2.11. The fraction of sp³-hybridized carbons (Fsp3) is 0.208. The maximum atomic E-state index is 12.1. The van der Waals surface area contributed by atoms with Crippen molar-refractivity contribution in [3.05, 3.63) is 78.1 Å². The number of aromatic nitrogens is 1. The van der Waals surface area contributed by atoms with Crippen molar-refractivity contribution in [1.29, 1.82) is 0 Å². The Balaban J connectivity index is 1.14. The largest absolute Gasteiger partial charge is 0.457 e. The molecule has 4 rings (SSSR count). The van der Waals surface area contributed by atoms with Crippen LogP contribution in [0, 0.1) is 0 Å². The molecule has 0 spiro atoms. The lowest BCUT2D eigenvalue weighted by molar-refractivity contribution is -0.121. The standard InChI is InChI=1S/C24H23N3O4S/c28-22(11-6-14-25-24(29)30-16-17-7-2-1-3-8-17)26-15-18-12-13-20(31-18)23-27-19-9-4-5-10-21(19)32-23/h1-5,7-10,12-13H,6,11,14-16H2,(H,25,29)(H,26,28). The van der Waals surface area contributed by atoms with Gasteiger partial charge in [-0.1, -0.05) is 42.5 Å². The Morgan fingerprint density at radius 1 is 0.969 bits per heavy atom. The van der Waals surface area contributed by atoms with E-state index in [1.165, 1.54) is 0 Å². The number of furan rings is 1. The molecule has 4 aromatic rings. The number of hydrogen-bond acceptors (Lipinski definition) is 6. The Labute approximate surface area is 189 Å². The van der Waals surface area contributed by atoms with Crippen molar-refractivity contribution in [3.8, 4) is 10.8 Å². The van der Waals surface area contributed by atoms with E-state index in [2.05, 4.69) is 15.6 Å². The van der Waals surface area contributed by atoms with Gasteiger partial charge in [0, 0.05) is 13.0 Å². The number of amides is 2. The minimum atomic E-state index is -0.493. The molecule has 2 amide bonds. The maximum absolute atomic E-state index is 12.1. The topological polar surface area (TPSA) is 93.5 Å². The van der Waals surface area contributed by atoms with Gasteiger partial charge in [0.2, 0.25) is 5.91 Å². The number of carbonyl (C=O) groups is 2. The number of hydrogen-bond donors (Lipinski definition) is 2. The Morgan fingerprint density at radius 2 is 1.78 bits per heavy atom. The molecule has 2 aromatic heterocycles. The molecule has 0 fully saturated rings. The van der Waals surface area contributed by atoms with Crippen LogP contribution in [0.1, 0.15) is 24.2 Å². The van der Waals surface area contributed by atoms with E-state index in [1.807, 2.05) is 66.7 Å². The van der Waals surface area contributed by atoms with Crippen molar-refractivity contribution in [2.75, 3.05) is 6.54 Å². The second kappa shape index (κ2) is 10.6. The summed E-state index contributed by atoms with van der Waals surface area (Å²) in [7, 11) is 0. The first-order valence-corrected chi connectivity index (χ1v) is 11.1. The van der Waals surface area contributed by atoms with Gasteiger partial charge in [0.1, 0.15) is 12.4 Å². The SMILES string of the molecule is O=C(CCCNC(=O)OCc1ccccc1)NCc1ccc(-c2nc3ccccc3s2)o1. The number of rotatable bonds is 9. The highest BCUT2D eigenvalue weighted by molar-refractivity contribution is 7.21. The maximum Gasteiger partial charge on any atom is 0.407 e. The van der Waals surface area contributed by atoms with Crippen LogP contribution in [0.2, 0.25) is 0 Å². The van der Waals surface area contributed by atoms with Gasteiger partial charge in [0.05, 0.1) is 16.8 Å². The molecule has 0 saturated heterocycles. The predicted octanol–water partition coefficient (Wildman–Crippen LogP) is 4.88. The van der Waals surface area contributed by atoms with E-state index < -0.39 is 6.09 Å². The van der Waals surface area contributed by atoms with Crippen molar-refractivity contribution >= 4 is 33.6 Å². The van der Waals surface area contributed by atoms with Crippen LogP contribution >= 0.6 is 11.3 Å². The van der Waals surface area contributed by atoms with Crippen molar-refractivity contribution in [2.24, 2.45) is 0 Å². The fourth-order valence-electron chi connectivity index (χ4n) is 3.05. The smallest absolute Gasteiger partial charge is 0.407 e. The van der Waals surface area contributed by atoms with Crippen molar-refractivity contribution < 1.29 is 18.7 Å². The number of thiazole rings is 1. The first-order valence-electron chi connectivity index (χ1n) is 10.3. The van der Waals surface area contributed by atoms with Crippen molar-refractivity contribution in [3.63, 3.8) is 0 Å². The fourth-order valence-corrected chi connectivity index (χ4v) is 3.98. The summed E-state index contributed by atoms with van der Waals surface area (Å²) in [5.41, 5.74) is 1.86. The zero-order valence-corrected chi connectivity index (χ0v) is 18.2. The number of benzene rings is 2. The normalized spacial score (nSPS) is 10.8. The second-order valence-corrected chi connectivity index (χ2v) is 8.15. The van der Waals surface area contributed by atoms with E-state index in [4.69, 9.17) is 9.15 Å². The number of fused-ring (bicyclic) bond motifs is 1. The third-order valence-electron chi connectivity index (χ3n) is 4.69. The van der Waals surface area contributed by atoms with Gasteiger partial charge in [0.25, 0.3) is 0 Å². The van der Waals surface area contributed by atoms with Crippen LogP contribution in [-0.2, 0) is 22.7 Å². The molecule has 0 atom stereocenters. The van der Waals surface area contributed by atoms with Gasteiger partial charge in [-0.3, -0.25) is 4.79 Å². The molecule has 2 aromatic carbocycles. The Hall–Kier alpha value is -3.65. The van der Waals surface area contributed by atoms with Crippen LogP contribution in [0.15, 0.2) is 71.1 Å². The average Bonchev–Trinajstić information content (AvgIpc) is 3.47. The summed E-state index contributed by atoms with van der Waals surface area (Å²) in [6.45, 7) is 0.884. The Kier molecular flexibility index (Phi) is 7.14. The van der Waals surface area contributed by atoms with Gasteiger partial charge in [-0.25, -0.2) is 9.78 Å². The van der Waals surface area contributed by atoms with Gasteiger partial charge in [-0.2, -0.15) is 0 Å². The summed E-state index contributed by atoms with van der Waals surface area (Å²) >= 11 is 1.57. The molecule has 0 radical (unpaired) electrons. The minimum absolute atomic E-state index is 0.109. The van der Waals surface area contributed by atoms with Gasteiger partial charge >= 0.3 is 6.09 Å². The van der Waals surface area contributed by atoms with E-state index >= 15 is 0 Å². The van der Waals surface area contributed by atoms with Gasteiger partial charge in [-0.05, 0) is 36.2 Å². The Morgan fingerprint density at radius 3 is 2.62 bits per heavy atom. The average molecular weight is 450 g/mol. The lowest BCUT2D eigenvalue weighted by Gasteiger charge is -2.07. The minimum Gasteiger partial charge on any atom is -0.457 e. The van der Waals surface area contributed by atoms with Crippen molar-refractivity contribution in [1.82, 2.24) is 15.6 Å². The van der Waals surface area contributed by atoms with E-state index in [9.17, 15) is 9.59 Å². The molecule has 0 aliphatic rings. The summed E-state index contributed by atoms with van der Waals surface area (Å²) in [4.78, 5) is 28.3.